The summed E-state index contributed by atoms with van der Waals surface area (Å²) in [5.41, 5.74) is 1.06. The summed E-state index contributed by atoms with van der Waals surface area (Å²) in [5, 5.41) is 0. The Morgan fingerprint density at radius 1 is 1.29 bits per heavy atom. The second-order valence-electron chi connectivity index (χ2n) is 4.49. The maximum absolute atomic E-state index is 11.8. The van der Waals surface area contributed by atoms with Crippen molar-refractivity contribution in [1.29, 1.82) is 0 Å². The molecule has 0 saturated heterocycles. The van der Waals surface area contributed by atoms with Gasteiger partial charge < -0.3 is 4.57 Å². The molecule has 0 aliphatic heterocycles. The fourth-order valence-corrected chi connectivity index (χ4v) is 1.99. The molecule has 0 radical (unpaired) electrons. The van der Waals surface area contributed by atoms with Crippen molar-refractivity contribution in [2.75, 3.05) is 0 Å². The van der Waals surface area contributed by atoms with Gasteiger partial charge in [0.15, 0.2) is 5.78 Å². The van der Waals surface area contributed by atoms with Crippen molar-refractivity contribution in [2.45, 2.75) is 19.4 Å². The van der Waals surface area contributed by atoms with Crippen molar-refractivity contribution in [1.82, 2.24) is 9.55 Å². The predicted molar refractivity (Wildman–Crippen MR) is 65.4 cm³/mol. The van der Waals surface area contributed by atoms with E-state index in [-0.39, 0.29) is 0 Å². The normalized spacial score (nSPS) is 14.8. The zero-order valence-electron chi connectivity index (χ0n) is 9.54. The van der Waals surface area contributed by atoms with E-state index in [0.29, 0.717) is 18.2 Å². The van der Waals surface area contributed by atoms with E-state index in [4.69, 9.17) is 0 Å². The van der Waals surface area contributed by atoms with Crippen LogP contribution in [-0.2, 0) is 11.3 Å². The summed E-state index contributed by atoms with van der Waals surface area (Å²) in [5.74, 6) is 1.51. The van der Waals surface area contributed by atoms with Crippen molar-refractivity contribution in [3.05, 3.63) is 42.7 Å². The number of imidazole rings is 1. The first-order valence-electron chi connectivity index (χ1n) is 5.94. The fraction of sp³-hybridized carbons (Fsp3) is 0.286. The Labute approximate surface area is 100 Å². The van der Waals surface area contributed by atoms with Crippen LogP contribution in [-0.4, -0.2) is 15.3 Å². The van der Waals surface area contributed by atoms with E-state index in [0.717, 1.165) is 24.2 Å². The summed E-state index contributed by atoms with van der Waals surface area (Å²) in [6.45, 7) is 0.453. The lowest BCUT2D eigenvalue weighted by atomic mass is 10.2. The topological polar surface area (TPSA) is 34.9 Å². The summed E-state index contributed by atoms with van der Waals surface area (Å²) < 4.78 is 1.94. The average molecular weight is 226 g/mol. The smallest absolute Gasteiger partial charge is 0.155 e. The number of carbonyl (C=O) groups is 1. The summed E-state index contributed by atoms with van der Waals surface area (Å²) in [6.07, 6.45) is 5.76. The highest BCUT2D eigenvalue weighted by Crippen LogP contribution is 2.30. The molecular weight excluding hydrogens is 212 g/mol. The van der Waals surface area contributed by atoms with Gasteiger partial charge in [-0.25, -0.2) is 4.98 Å². The van der Waals surface area contributed by atoms with Crippen LogP contribution >= 0.6 is 0 Å². The molecule has 1 aromatic heterocycles. The second kappa shape index (κ2) is 4.17. The van der Waals surface area contributed by atoms with Crippen LogP contribution in [0.1, 0.15) is 12.8 Å². The van der Waals surface area contributed by atoms with Crippen molar-refractivity contribution >= 4 is 5.78 Å². The molecule has 17 heavy (non-hydrogen) atoms. The van der Waals surface area contributed by atoms with Gasteiger partial charge in [0.05, 0.1) is 6.54 Å². The summed E-state index contributed by atoms with van der Waals surface area (Å²) >= 11 is 0. The molecule has 1 saturated carbocycles. The van der Waals surface area contributed by atoms with Crippen LogP contribution < -0.4 is 0 Å². The molecule has 2 aromatic rings. The maximum atomic E-state index is 11.8. The van der Waals surface area contributed by atoms with E-state index in [9.17, 15) is 4.79 Å². The lowest BCUT2D eigenvalue weighted by Gasteiger charge is -2.06. The minimum atomic E-state index is 0.307. The predicted octanol–water partition coefficient (Wildman–Crippen LogP) is 2.53. The third-order valence-corrected chi connectivity index (χ3v) is 3.11. The Bertz CT molecular complexity index is 526. The Hall–Kier alpha value is -1.90. The highest BCUT2D eigenvalue weighted by atomic mass is 16.1. The fourth-order valence-electron chi connectivity index (χ4n) is 1.99. The van der Waals surface area contributed by atoms with Crippen molar-refractivity contribution in [3.63, 3.8) is 0 Å². The van der Waals surface area contributed by atoms with Crippen LogP contribution in [0.25, 0.3) is 11.4 Å². The third-order valence-electron chi connectivity index (χ3n) is 3.11. The quantitative estimate of drug-likeness (QED) is 0.803. The monoisotopic (exact) mass is 226 g/mol. The molecule has 0 atom stereocenters. The van der Waals surface area contributed by atoms with E-state index < -0.39 is 0 Å². The van der Waals surface area contributed by atoms with Crippen LogP contribution in [0.5, 0.6) is 0 Å². The molecule has 0 N–H and O–H groups in total. The SMILES string of the molecule is O=C(Cn1ccnc1-c1ccccc1)C1CC1. The Balaban J connectivity index is 1.86. The molecule has 3 heteroatoms. The van der Waals surface area contributed by atoms with Gasteiger partial charge in [-0.2, -0.15) is 0 Å². The molecule has 0 amide bonds. The van der Waals surface area contributed by atoms with Crippen LogP contribution in [0.4, 0.5) is 0 Å². The Kier molecular flexibility index (Phi) is 2.52. The summed E-state index contributed by atoms with van der Waals surface area (Å²) in [4.78, 5) is 16.1. The van der Waals surface area contributed by atoms with Gasteiger partial charge in [-0.15, -0.1) is 0 Å². The van der Waals surface area contributed by atoms with Gasteiger partial charge in [-0.3, -0.25) is 4.79 Å². The summed E-state index contributed by atoms with van der Waals surface area (Å²) in [7, 11) is 0. The highest BCUT2D eigenvalue weighted by Gasteiger charge is 2.29. The molecule has 3 rings (SSSR count). The first kappa shape index (κ1) is 10.3. The Morgan fingerprint density at radius 3 is 2.76 bits per heavy atom. The molecule has 86 valence electrons. The molecule has 0 bridgehead atoms. The van der Waals surface area contributed by atoms with E-state index in [1.54, 1.807) is 6.20 Å². The van der Waals surface area contributed by atoms with Gasteiger partial charge in [0.2, 0.25) is 0 Å². The maximum Gasteiger partial charge on any atom is 0.155 e. The van der Waals surface area contributed by atoms with Gasteiger partial charge in [0, 0.05) is 23.9 Å². The number of hydrogen-bond acceptors (Lipinski definition) is 2. The number of carbonyl (C=O) groups excluding carboxylic acids is 1. The molecule has 1 aliphatic rings. The second-order valence-corrected chi connectivity index (χ2v) is 4.49. The minimum Gasteiger partial charge on any atom is -0.324 e. The molecule has 1 aliphatic carbocycles. The molecule has 1 fully saturated rings. The lowest BCUT2D eigenvalue weighted by molar-refractivity contribution is -0.120. The number of benzene rings is 1. The highest BCUT2D eigenvalue weighted by molar-refractivity contribution is 5.83. The zero-order valence-corrected chi connectivity index (χ0v) is 9.54. The summed E-state index contributed by atoms with van der Waals surface area (Å²) in [6, 6.07) is 9.97. The Morgan fingerprint density at radius 2 is 2.06 bits per heavy atom. The van der Waals surface area contributed by atoms with E-state index in [2.05, 4.69) is 4.98 Å². The van der Waals surface area contributed by atoms with Crippen LogP contribution in [0, 0.1) is 5.92 Å². The van der Waals surface area contributed by atoms with Gasteiger partial charge >= 0.3 is 0 Å². The first-order chi connectivity index (χ1) is 8.34. The number of hydrogen-bond donors (Lipinski definition) is 0. The van der Waals surface area contributed by atoms with Crippen LogP contribution in [0.2, 0.25) is 0 Å². The lowest BCUT2D eigenvalue weighted by Crippen LogP contribution is -2.12. The van der Waals surface area contributed by atoms with Crippen molar-refractivity contribution in [2.24, 2.45) is 5.92 Å². The zero-order chi connectivity index (χ0) is 11.7. The molecule has 1 aromatic carbocycles. The van der Waals surface area contributed by atoms with Crippen molar-refractivity contribution in [3.8, 4) is 11.4 Å². The molecular formula is C14H14N2O. The minimum absolute atomic E-state index is 0.307. The molecule has 0 spiro atoms. The number of aromatic nitrogens is 2. The van der Waals surface area contributed by atoms with Crippen molar-refractivity contribution < 1.29 is 4.79 Å². The van der Waals surface area contributed by atoms with Gasteiger partial charge in [0.25, 0.3) is 0 Å². The molecule has 3 nitrogen and oxygen atoms in total. The molecule has 0 unspecified atom stereocenters. The number of Topliss-reactive ketones (excluding diaryl/α,β-unsaturated/α-hetero) is 1. The third kappa shape index (κ3) is 2.13. The van der Waals surface area contributed by atoms with Gasteiger partial charge in [0.1, 0.15) is 5.82 Å². The van der Waals surface area contributed by atoms with Gasteiger partial charge in [-0.05, 0) is 12.8 Å². The van der Waals surface area contributed by atoms with Crippen LogP contribution in [0.15, 0.2) is 42.7 Å². The van der Waals surface area contributed by atoms with Crippen LogP contribution in [0.3, 0.4) is 0 Å². The largest absolute Gasteiger partial charge is 0.324 e. The number of ketones is 1. The van der Waals surface area contributed by atoms with E-state index in [1.807, 2.05) is 41.1 Å². The molecule has 1 heterocycles. The van der Waals surface area contributed by atoms with E-state index >= 15 is 0 Å². The van der Waals surface area contributed by atoms with Gasteiger partial charge in [-0.1, -0.05) is 30.3 Å². The number of nitrogens with zero attached hydrogens (tertiary/aromatic N) is 2. The standard InChI is InChI=1S/C14H14N2O/c17-13(11-6-7-11)10-16-9-8-15-14(16)12-4-2-1-3-5-12/h1-5,8-9,11H,6-7,10H2. The van der Waals surface area contributed by atoms with E-state index in [1.165, 1.54) is 0 Å². The number of rotatable bonds is 4. The average Bonchev–Trinajstić information content (AvgIpc) is 3.12. The first-order valence-corrected chi connectivity index (χ1v) is 5.94.